The predicted octanol–water partition coefficient (Wildman–Crippen LogP) is 4.99. The third-order valence-electron chi connectivity index (χ3n) is 8.20. The molecular weight excluding hydrogens is 444 g/mol. The van der Waals surface area contributed by atoms with E-state index >= 15 is 0 Å². The van der Waals surface area contributed by atoms with E-state index in [4.69, 9.17) is 14.2 Å². The maximum atomic E-state index is 13.8. The van der Waals surface area contributed by atoms with E-state index in [1.54, 1.807) is 21.0 Å². The molecule has 2 aromatic carbocycles. The van der Waals surface area contributed by atoms with Crippen LogP contribution in [0.25, 0.3) is 0 Å². The largest absolute Gasteiger partial charge is 0.497 e. The normalized spacial score (nSPS) is 26.6. The van der Waals surface area contributed by atoms with Gasteiger partial charge in [0.25, 0.3) is 0 Å². The molecule has 6 nitrogen and oxygen atoms in total. The number of benzene rings is 2. The van der Waals surface area contributed by atoms with Crippen LogP contribution in [-0.2, 0) is 24.5 Å². The van der Waals surface area contributed by atoms with Crippen molar-refractivity contribution in [1.29, 1.82) is 0 Å². The molecule has 0 aromatic heterocycles. The van der Waals surface area contributed by atoms with Crippen molar-refractivity contribution < 1.29 is 28.6 Å². The molecular formula is C29H34O6. The number of fused-ring (bicyclic) bond motifs is 1. The van der Waals surface area contributed by atoms with Gasteiger partial charge in [0.05, 0.1) is 20.3 Å². The van der Waals surface area contributed by atoms with E-state index < -0.39 is 22.8 Å². The minimum absolute atomic E-state index is 0.00794. The zero-order valence-corrected chi connectivity index (χ0v) is 20.9. The van der Waals surface area contributed by atoms with Crippen molar-refractivity contribution in [2.24, 2.45) is 23.2 Å². The number of carbonyl (C=O) groups excluding carboxylic acids is 3. The lowest BCUT2D eigenvalue weighted by atomic mass is 9.64. The molecule has 0 bridgehead atoms. The average Bonchev–Trinajstić information content (AvgIpc) is 3.40. The van der Waals surface area contributed by atoms with Crippen LogP contribution < -0.4 is 4.74 Å². The maximum Gasteiger partial charge on any atom is 0.323 e. The summed E-state index contributed by atoms with van der Waals surface area (Å²) in [5.74, 6) is -0.550. The van der Waals surface area contributed by atoms with Crippen LogP contribution in [0.1, 0.15) is 56.0 Å². The number of ketones is 1. The van der Waals surface area contributed by atoms with Crippen molar-refractivity contribution in [3.05, 3.63) is 65.7 Å². The smallest absolute Gasteiger partial charge is 0.323 e. The van der Waals surface area contributed by atoms with Gasteiger partial charge in [-0.3, -0.25) is 14.4 Å². The Balaban J connectivity index is 1.78. The molecule has 6 heteroatoms. The lowest BCUT2D eigenvalue weighted by Gasteiger charge is -2.38. The van der Waals surface area contributed by atoms with Gasteiger partial charge in [0.2, 0.25) is 0 Å². The molecule has 2 aromatic rings. The molecule has 4 atom stereocenters. The first-order valence-electron chi connectivity index (χ1n) is 12.4. The highest BCUT2D eigenvalue weighted by Gasteiger charge is 2.66. The summed E-state index contributed by atoms with van der Waals surface area (Å²) in [4.78, 5) is 40.2. The Labute approximate surface area is 207 Å². The summed E-state index contributed by atoms with van der Waals surface area (Å²) in [5, 5.41) is 0. The molecule has 2 fully saturated rings. The van der Waals surface area contributed by atoms with Gasteiger partial charge in [-0.15, -0.1) is 0 Å². The fourth-order valence-electron chi connectivity index (χ4n) is 6.47. The topological polar surface area (TPSA) is 78.9 Å². The van der Waals surface area contributed by atoms with Gasteiger partial charge in [-0.25, -0.2) is 0 Å². The Morgan fingerprint density at radius 3 is 2.03 bits per heavy atom. The van der Waals surface area contributed by atoms with Crippen LogP contribution in [0.15, 0.2) is 54.6 Å². The average molecular weight is 479 g/mol. The van der Waals surface area contributed by atoms with E-state index in [-0.39, 0.29) is 36.8 Å². The third-order valence-corrected chi connectivity index (χ3v) is 8.20. The Hall–Kier alpha value is -3.15. The van der Waals surface area contributed by atoms with Crippen molar-refractivity contribution in [1.82, 2.24) is 0 Å². The fourth-order valence-corrected chi connectivity index (χ4v) is 6.47. The van der Waals surface area contributed by atoms with Crippen LogP contribution in [0, 0.1) is 23.2 Å². The second-order valence-corrected chi connectivity index (χ2v) is 9.83. The second-order valence-electron chi connectivity index (χ2n) is 9.83. The number of carbonyl (C=O) groups is 3. The number of esters is 2. The van der Waals surface area contributed by atoms with Gasteiger partial charge in [0, 0.05) is 16.9 Å². The summed E-state index contributed by atoms with van der Waals surface area (Å²) < 4.78 is 16.1. The van der Waals surface area contributed by atoms with Crippen LogP contribution in [0.4, 0.5) is 0 Å². The van der Waals surface area contributed by atoms with Gasteiger partial charge in [0.1, 0.15) is 5.75 Å². The third kappa shape index (κ3) is 4.13. The second kappa shape index (κ2) is 9.84. The zero-order valence-electron chi connectivity index (χ0n) is 20.9. The van der Waals surface area contributed by atoms with Crippen LogP contribution in [0.5, 0.6) is 5.75 Å². The van der Waals surface area contributed by atoms with Crippen LogP contribution in [0.2, 0.25) is 0 Å². The Morgan fingerprint density at radius 2 is 1.49 bits per heavy atom. The summed E-state index contributed by atoms with van der Waals surface area (Å²) in [6.07, 6.45) is 1.23. The number of methoxy groups -OCH3 is 1. The molecule has 0 amide bonds. The molecule has 0 saturated heterocycles. The molecule has 0 unspecified atom stereocenters. The summed E-state index contributed by atoms with van der Waals surface area (Å²) in [7, 11) is 1.62. The van der Waals surface area contributed by atoms with Gasteiger partial charge in [-0.2, -0.15) is 0 Å². The molecule has 0 aliphatic heterocycles. The SMILES string of the molecule is CCOC(=O)C1(C(=O)OCC)C[C@@H]2C[C@H](C(=O)c3ccccc3)[C@@](C)(c3ccc(OC)cc3)[C@@H]2C1. The highest BCUT2D eigenvalue weighted by atomic mass is 16.6. The molecule has 0 N–H and O–H groups in total. The summed E-state index contributed by atoms with van der Waals surface area (Å²) in [6, 6.07) is 17.2. The minimum Gasteiger partial charge on any atom is -0.497 e. The molecule has 0 radical (unpaired) electrons. The van der Waals surface area contributed by atoms with Crippen molar-refractivity contribution in [2.75, 3.05) is 20.3 Å². The number of Topliss-reactive ketones (excluding diaryl/α,β-unsaturated/α-hetero) is 1. The van der Waals surface area contributed by atoms with E-state index in [9.17, 15) is 14.4 Å². The Kier molecular flexibility index (Phi) is 7.02. The maximum absolute atomic E-state index is 13.8. The highest BCUT2D eigenvalue weighted by Crippen LogP contribution is 2.64. The van der Waals surface area contributed by atoms with E-state index in [1.165, 1.54) is 0 Å². The summed E-state index contributed by atoms with van der Waals surface area (Å²) in [5.41, 5.74) is -0.233. The van der Waals surface area contributed by atoms with E-state index in [0.717, 1.165) is 11.3 Å². The first-order valence-corrected chi connectivity index (χ1v) is 12.4. The van der Waals surface area contributed by atoms with Crippen molar-refractivity contribution in [3.63, 3.8) is 0 Å². The van der Waals surface area contributed by atoms with Crippen LogP contribution in [-0.4, -0.2) is 38.0 Å². The van der Waals surface area contributed by atoms with Gasteiger partial charge in [-0.1, -0.05) is 49.4 Å². The lowest BCUT2D eigenvalue weighted by Crippen LogP contribution is -2.44. The van der Waals surface area contributed by atoms with Crippen LogP contribution >= 0.6 is 0 Å². The van der Waals surface area contributed by atoms with Crippen molar-refractivity contribution in [2.45, 2.75) is 45.4 Å². The summed E-state index contributed by atoms with van der Waals surface area (Å²) in [6.45, 7) is 5.98. The number of ether oxygens (including phenoxy) is 3. The van der Waals surface area contributed by atoms with Gasteiger partial charge >= 0.3 is 11.9 Å². The van der Waals surface area contributed by atoms with Gasteiger partial charge < -0.3 is 14.2 Å². The standard InChI is InChI=1S/C29H34O6/c1-5-34-26(31)29(27(32)35-6-2)17-20-16-23(25(30)19-10-8-7-9-11-19)28(3,24(20)18-29)21-12-14-22(33-4)15-13-21/h7-15,20,23-24H,5-6,16-18H2,1-4H3/t20-,23+,24+,28+/m0/s1. The van der Waals surface area contributed by atoms with Crippen LogP contribution in [0.3, 0.4) is 0 Å². The predicted molar refractivity (Wildman–Crippen MR) is 131 cm³/mol. The quantitative estimate of drug-likeness (QED) is 0.302. The molecule has 35 heavy (non-hydrogen) atoms. The Morgan fingerprint density at radius 1 is 0.886 bits per heavy atom. The molecule has 2 aliphatic carbocycles. The molecule has 0 heterocycles. The van der Waals surface area contributed by atoms with Gasteiger partial charge in [-0.05, 0) is 62.6 Å². The summed E-state index contributed by atoms with van der Waals surface area (Å²) >= 11 is 0. The monoisotopic (exact) mass is 478 g/mol. The van der Waals surface area contributed by atoms with E-state index in [0.29, 0.717) is 24.8 Å². The van der Waals surface area contributed by atoms with Crippen molar-refractivity contribution >= 4 is 17.7 Å². The first-order chi connectivity index (χ1) is 16.8. The molecule has 186 valence electrons. The molecule has 2 saturated carbocycles. The number of hydrogen-bond acceptors (Lipinski definition) is 6. The highest BCUT2D eigenvalue weighted by molar-refractivity contribution is 6.01. The van der Waals surface area contributed by atoms with Gasteiger partial charge in [0.15, 0.2) is 11.2 Å². The zero-order chi connectivity index (χ0) is 25.2. The van der Waals surface area contributed by atoms with E-state index in [1.807, 2.05) is 54.6 Å². The molecule has 2 aliphatic rings. The Bertz CT molecular complexity index is 1060. The number of rotatable bonds is 8. The molecule has 4 rings (SSSR count). The number of hydrogen-bond donors (Lipinski definition) is 0. The van der Waals surface area contributed by atoms with E-state index in [2.05, 4.69) is 6.92 Å². The lowest BCUT2D eigenvalue weighted by molar-refractivity contribution is -0.172. The fraction of sp³-hybridized carbons (Fsp3) is 0.483. The molecule has 0 spiro atoms. The minimum atomic E-state index is -1.34. The first kappa shape index (κ1) is 25.0. The van der Waals surface area contributed by atoms with Crippen molar-refractivity contribution in [3.8, 4) is 5.75 Å².